The molecule has 1 aromatic carbocycles. The third-order valence-corrected chi connectivity index (χ3v) is 4.48. The van der Waals surface area contributed by atoms with Gasteiger partial charge in [-0.05, 0) is 57.1 Å². The van der Waals surface area contributed by atoms with Crippen LogP contribution >= 0.6 is 0 Å². The summed E-state index contributed by atoms with van der Waals surface area (Å²) in [5.41, 5.74) is 2.94. The summed E-state index contributed by atoms with van der Waals surface area (Å²) in [4.78, 5) is 13.2. The number of carboxylic acid groups (broad SMARTS) is 1. The molecular weight excluding hydrogens is 262 g/mol. The van der Waals surface area contributed by atoms with Crippen LogP contribution in [0.15, 0.2) is 24.3 Å². The SMILES string of the molecule is CC(C)(C)N(CCC(=O)O)CC1CCCc2ccccc21. The van der Waals surface area contributed by atoms with Gasteiger partial charge in [-0.3, -0.25) is 9.69 Å². The summed E-state index contributed by atoms with van der Waals surface area (Å²) in [5, 5.41) is 8.97. The van der Waals surface area contributed by atoms with Crippen LogP contribution in [0.2, 0.25) is 0 Å². The Bertz CT molecular complexity index is 490. The molecule has 0 saturated carbocycles. The van der Waals surface area contributed by atoms with E-state index in [2.05, 4.69) is 49.9 Å². The maximum atomic E-state index is 10.9. The first-order valence-electron chi connectivity index (χ1n) is 7.92. The molecule has 0 aromatic heterocycles. The van der Waals surface area contributed by atoms with Crippen molar-refractivity contribution >= 4 is 5.97 Å². The number of rotatable bonds is 5. The van der Waals surface area contributed by atoms with Crippen molar-refractivity contribution in [2.45, 2.75) is 57.9 Å². The van der Waals surface area contributed by atoms with Gasteiger partial charge in [-0.25, -0.2) is 0 Å². The molecule has 1 aromatic rings. The second kappa shape index (κ2) is 6.61. The third kappa shape index (κ3) is 4.31. The number of carboxylic acids is 1. The van der Waals surface area contributed by atoms with Crippen LogP contribution in [-0.4, -0.2) is 34.6 Å². The molecule has 1 unspecified atom stereocenters. The summed E-state index contributed by atoms with van der Waals surface area (Å²) in [6.45, 7) is 8.09. The van der Waals surface area contributed by atoms with Gasteiger partial charge in [0.15, 0.2) is 0 Å². The van der Waals surface area contributed by atoms with E-state index in [1.807, 2.05) is 0 Å². The van der Waals surface area contributed by atoms with E-state index in [1.165, 1.54) is 30.4 Å². The highest BCUT2D eigenvalue weighted by Gasteiger charge is 2.27. The normalized spacial score (nSPS) is 18.6. The Morgan fingerprint density at radius 2 is 2.05 bits per heavy atom. The van der Waals surface area contributed by atoms with Crippen LogP contribution in [-0.2, 0) is 11.2 Å². The molecule has 21 heavy (non-hydrogen) atoms. The van der Waals surface area contributed by atoms with Crippen molar-refractivity contribution in [2.75, 3.05) is 13.1 Å². The average molecular weight is 289 g/mol. The number of aliphatic carboxylic acids is 1. The van der Waals surface area contributed by atoms with Crippen LogP contribution in [0.25, 0.3) is 0 Å². The number of fused-ring (bicyclic) bond motifs is 1. The zero-order valence-electron chi connectivity index (χ0n) is 13.4. The molecule has 3 heteroatoms. The Hall–Kier alpha value is -1.35. The first-order valence-corrected chi connectivity index (χ1v) is 7.92. The molecule has 0 aliphatic heterocycles. The standard InChI is InChI=1S/C18H27NO2/c1-18(2,3)19(12-11-17(20)21)13-15-9-6-8-14-7-4-5-10-16(14)15/h4-5,7,10,15H,6,8-9,11-13H2,1-3H3,(H,20,21). The summed E-state index contributed by atoms with van der Waals surface area (Å²) < 4.78 is 0. The van der Waals surface area contributed by atoms with Crippen molar-refractivity contribution in [3.05, 3.63) is 35.4 Å². The smallest absolute Gasteiger partial charge is 0.304 e. The molecule has 1 atom stereocenters. The zero-order valence-corrected chi connectivity index (χ0v) is 13.4. The molecule has 0 saturated heterocycles. The van der Waals surface area contributed by atoms with E-state index in [9.17, 15) is 4.79 Å². The van der Waals surface area contributed by atoms with Gasteiger partial charge in [0.25, 0.3) is 0 Å². The van der Waals surface area contributed by atoms with E-state index in [-0.39, 0.29) is 12.0 Å². The average Bonchev–Trinajstić information content (AvgIpc) is 2.42. The summed E-state index contributed by atoms with van der Waals surface area (Å²) in [5.74, 6) is -0.184. The minimum absolute atomic E-state index is 0.00183. The third-order valence-electron chi connectivity index (χ3n) is 4.48. The first-order chi connectivity index (χ1) is 9.88. The lowest BCUT2D eigenvalue weighted by Crippen LogP contribution is -2.45. The molecule has 0 bridgehead atoms. The van der Waals surface area contributed by atoms with E-state index in [0.717, 1.165) is 6.54 Å². The van der Waals surface area contributed by atoms with Gasteiger partial charge in [-0.1, -0.05) is 24.3 Å². The number of hydrogen-bond acceptors (Lipinski definition) is 2. The van der Waals surface area contributed by atoms with E-state index in [4.69, 9.17) is 5.11 Å². The zero-order chi connectivity index (χ0) is 15.5. The molecule has 0 radical (unpaired) electrons. The number of aryl methyl sites for hydroxylation is 1. The van der Waals surface area contributed by atoms with E-state index >= 15 is 0 Å². The van der Waals surface area contributed by atoms with Gasteiger partial charge < -0.3 is 5.11 Å². The molecule has 1 aliphatic carbocycles. The minimum Gasteiger partial charge on any atom is -0.481 e. The Labute approximate surface area is 128 Å². The fourth-order valence-corrected chi connectivity index (χ4v) is 3.24. The topological polar surface area (TPSA) is 40.5 Å². The van der Waals surface area contributed by atoms with E-state index < -0.39 is 5.97 Å². The lowest BCUT2D eigenvalue weighted by atomic mass is 9.82. The van der Waals surface area contributed by atoms with Crippen LogP contribution in [0, 0.1) is 0 Å². The minimum atomic E-state index is -0.715. The second-order valence-corrected chi connectivity index (χ2v) is 7.05. The Kier molecular flexibility index (Phi) is 5.04. The van der Waals surface area contributed by atoms with Gasteiger partial charge in [0.2, 0.25) is 0 Å². The van der Waals surface area contributed by atoms with Crippen molar-refractivity contribution in [3.63, 3.8) is 0 Å². The van der Waals surface area contributed by atoms with Crippen LogP contribution in [0.4, 0.5) is 0 Å². The van der Waals surface area contributed by atoms with Crippen molar-refractivity contribution in [3.8, 4) is 0 Å². The number of benzene rings is 1. The first kappa shape index (κ1) is 16.0. The monoisotopic (exact) mass is 289 g/mol. The lowest BCUT2D eigenvalue weighted by Gasteiger charge is -2.39. The molecular formula is C18H27NO2. The molecule has 116 valence electrons. The van der Waals surface area contributed by atoms with Gasteiger partial charge in [0.1, 0.15) is 0 Å². The fourth-order valence-electron chi connectivity index (χ4n) is 3.24. The molecule has 2 rings (SSSR count). The van der Waals surface area contributed by atoms with Gasteiger partial charge >= 0.3 is 5.97 Å². The lowest BCUT2D eigenvalue weighted by molar-refractivity contribution is -0.137. The van der Waals surface area contributed by atoms with Crippen molar-refractivity contribution in [1.29, 1.82) is 0 Å². The summed E-state index contributed by atoms with van der Waals surface area (Å²) >= 11 is 0. The summed E-state index contributed by atoms with van der Waals surface area (Å²) in [7, 11) is 0. The van der Waals surface area contributed by atoms with Crippen LogP contribution < -0.4 is 0 Å². The van der Waals surface area contributed by atoms with Crippen molar-refractivity contribution < 1.29 is 9.90 Å². The molecule has 1 N–H and O–H groups in total. The van der Waals surface area contributed by atoms with Gasteiger partial charge in [0, 0.05) is 18.6 Å². The molecule has 0 amide bonds. The van der Waals surface area contributed by atoms with Gasteiger partial charge in [0.05, 0.1) is 6.42 Å². The summed E-state index contributed by atoms with van der Waals surface area (Å²) in [6.07, 6.45) is 3.83. The molecule has 0 spiro atoms. The highest BCUT2D eigenvalue weighted by Crippen LogP contribution is 2.33. The van der Waals surface area contributed by atoms with Gasteiger partial charge in [-0.15, -0.1) is 0 Å². The Balaban J connectivity index is 2.12. The fraction of sp³-hybridized carbons (Fsp3) is 0.611. The van der Waals surface area contributed by atoms with Crippen molar-refractivity contribution in [2.24, 2.45) is 0 Å². The van der Waals surface area contributed by atoms with Crippen molar-refractivity contribution in [1.82, 2.24) is 4.90 Å². The van der Waals surface area contributed by atoms with Crippen LogP contribution in [0.5, 0.6) is 0 Å². The summed E-state index contributed by atoms with van der Waals surface area (Å²) in [6, 6.07) is 8.72. The molecule has 0 fully saturated rings. The Morgan fingerprint density at radius 3 is 2.71 bits per heavy atom. The highest BCUT2D eigenvalue weighted by atomic mass is 16.4. The van der Waals surface area contributed by atoms with Crippen LogP contribution in [0.1, 0.15) is 57.1 Å². The van der Waals surface area contributed by atoms with E-state index in [1.54, 1.807) is 0 Å². The molecule has 0 heterocycles. The highest BCUT2D eigenvalue weighted by molar-refractivity contribution is 5.66. The number of nitrogens with zero attached hydrogens (tertiary/aromatic N) is 1. The van der Waals surface area contributed by atoms with E-state index in [0.29, 0.717) is 12.5 Å². The van der Waals surface area contributed by atoms with Crippen LogP contribution in [0.3, 0.4) is 0 Å². The predicted octanol–water partition coefficient (Wildman–Crippen LogP) is 3.68. The van der Waals surface area contributed by atoms with Gasteiger partial charge in [-0.2, -0.15) is 0 Å². The quantitative estimate of drug-likeness (QED) is 0.899. The largest absolute Gasteiger partial charge is 0.481 e. The maximum absolute atomic E-state index is 10.9. The Morgan fingerprint density at radius 1 is 1.33 bits per heavy atom. The maximum Gasteiger partial charge on any atom is 0.304 e. The molecule has 3 nitrogen and oxygen atoms in total. The molecule has 1 aliphatic rings. The predicted molar refractivity (Wildman–Crippen MR) is 85.7 cm³/mol. The number of carbonyl (C=O) groups is 1. The second-order valence-electron chi connectivity index (χ2n) is 7.05. The number of hydrogen-bond donors (Lipinski definition) is 1.